The fourth-order valence-electron chi connectivity index (χ4n) is 4.16. The highest BCUT2D eigenvalue weighted by Crippen LogP contribution is 2.35. The lowest BCUT2D eigenvalue weighted by molar-refractivity contribution is 0.199. The van der Waals surface area contributed by atoms with Crippen LogP contribution in [0.5, 0.6) is 0 Å². The SMILES string of the molecule is CC(O)c1nc(-c2ccc3c(c2)c2cc(-c4ccc(Cl)cc4Cl)c(=O)n(C)c2n3C)cs1. The number of aliphatic hydroxyl groups excluding tert-OH is 1. The summed E-state index contributed by atoms with van der Waals surface area (Å²) >= 11 is 13.9. The van der Waals surface area contributed by atoms with Gasteiger partial charge in [-0.25, -0.2) is 4.98 Å². The molecule has 0 saturated carbocycles. The fourth-order valence-corrected chi connectivity index (χ4v) is 5.44. The third-order valence-corrected chi connectivity index (χ3v) is 7.31. The van der Waals surface area contributed by atoms with Crippen molar-refractivity contribution in [1.29, 1.82) is 0 Å². The number of benzene rings is 2. The largest absolute Gasteiger partial charge is 0.386 e. The van der Waals surface area contributed by atoms with E-state index in [4.69, 9.17) is 23.2 Å². The van der Waals surface area contributed by atoms with Crippen molar-refractivity contribution in [2.24, 2.45) is 14.1 Å². The highest BCUT2D eigenvalue weighted by Gasteiger charge is 2.18. The van der Waals surface area contributed by atoms with Gasteiger partial charge >= 0.3 is 0 Å². The van der Waals surface area contributed by atoms with Gasteiger partial charge in [0.1, 0.15) is 16.8 Å². The van der Waals surface area contributed by atoms with Gasteiger partial charge in [-0.1, -0.05) is 35.3 Å². The topological polar surface area (TPSA) is 60.1 Å². The van der Waals surface area contributed by atoms with Gasteiger partial charge in [0.25, 0.3) is 5.56 Å². The lowest BCUT2D eigenvalue weighted by Gasteiger charge is -2.09. The molecule has 32 heavy (non-hydrogen) atoms. The van der Waals surface area contributed by atoms with E-state index in [1.54, 1.807) is 36.7 Å². The van der Waals surface area contributed by atoms with Crippen LogP contribution in [0.2, 0.25) is 10.0 Å². The van der Waals surface area contributed by atoms with E-state index >= 15 is 0 Å². The predicted octanol–water partition coefficient (Wildman–Crippen LogP) is 6.18. The first kappa shape index (κ1) is 21.2. The van der Waals surface area contributed by atoms with E-state index in [0.717, 1.165) is 33.2 Å². The molecule has 3 heterocycles. The third kappa shape index (κ3) is 3.26. The predicted molar refractivity (Wildman–Crippen MR) is 133 cm³/mol. The summed E-state index contributed by atoms with van der Waals surface area (Å²) < 4.78 is 3.68. The quantitative estimate of drug-likeness (QED) is 0.333. The number of hydrogen-bond donors (Lipinski definition) is 1. The zero-order valence-electron chi connectivity index (χ0n) is 17.6. The lowest BCUT2D eigenvalue weighted by atomic mass is 10.0. The van der Waals surface area contributed by atoms with Gasteiger partial charge in [0.15, 0.2) is 0 Å². The molecule has 0 saturated heterocycles. The van der Waals surface area contributed by atoms with Gasteiger partial charge < -0.3 is 9.67 Å². The highest BCUT2D eigenvalue weighted by atomic mass is 35.5. The Hall–Kier alpha value is -2.64. The van der Waals surface area contributed by atoms with Gasteiger partial charge in [0.05, 0.1) is 16.2 Å². The maximum atomic E-state index is 13.2. The van der Waals surface area contributed by atoms with Crippen molar-refractivity contribution in [1.82, 2.24) is 14.1 Å². The van der Waals surface area contributed by atoms with Crippen LogP contribution in [0.4, 0.5) is 0 Å². The van der Waals surface area contributed by atoms with Crippen molar-refractivity contribution in [2.75, 3.05) is 0 Å². The van der Waals surface area contributed by atoms with Crippen molar-refractivity contribution < 1.29 is 5.11 Å². The molecule has 1 atom stereocenters. The second-order valence-electron chi connectivity index (χ2n) is 7.82. The minimum Gasteiger partial charge on any atom is -0.386 e. The Kier molecular flexibility index (Phi) is 5.13. The monoisotopic (exact) mass is 483 g/mol. The van der Waals surface area contributed by atoms with Crippen molar-refractivity contribution in [3.8, 4) is 22.4 Å². The highest BCUT2D eigenvalue weighted by molar-refractivity contribution is 7.10. The van der Waals surface area contributed by atoms with E-state index in [1.807, 2.05) is 35.2 Å². The second kappa shape index (κ2) is 7.74. The van der Waals surface area contributed by atoms with Crippen LogP contribution in [0.1, 0.15) is 18.0 Å². The van der Waals surface area contributed by atoms with E-state index in [1.165, 1.54) is 11.3 Å². The molecular formula is C24H19Cl2N3O2S. The fraction of sp³-hybridized carbons (Fsp3) is 0.167. The molecule has 2 aromatic carbocycles. The molecule has 0 aliphatic carbocycles. The molecule has 0 bridgehead atoms. The van der Waals surface area contributed by atoms with E-state index in [9.17, 15) is 9.90 Å². The van der Waals surface area contributed by atoms with Crippen LogP contribution >= 0.6 is 34.5 Å². The lowest BCUT2D eigenvalue weighted by Crippen LogP contribution is -2.20. The summed E-state index contributed by atoms with van der Waals surface area (Å²) in [5.74, 6) is 0. The van der Waals surface area contributed by atoms with Crippen LogP contribution in [-0.2, 0) is 14.1 Å². The zero-order chi connectivity index (χ0) is 22.7. The van der Waals surface area contributed by atoms with Crippen molar-refractivity contribution in [2.45, 2.75) is 13.0 Å². The summed E-state index contributed by atoms with van der Waals surface area (Å²) in [4.78, 5) is 17.8. The molecule has 1 unspecified atom stereocenters. The number of aliphatic hydroxyl groups is 1. The summed E-state index contributed by atoms with van der Waals surface area (Å²) in [6.07, 6.45) is -0.601. The number of hydrogen-bond acceptors (Lipinski definition) is 4. The number of aryl methyl sites for hydroxylation is 2. The van der Waals surface area contributed by atoms with E-state index in [-0.39, 0.29) is 5.56 Å². The Labute approximate surface area is 198 Å². The van der Waals surface area contributed by atoms with Gasteiger partial charge in [-0.05, 0) is 37.3 Å². The molecule has 162 valence electrons. The van der Waals surface area contributed by atoms with E-state index < -0.39 is 6.10 Å². The van der Waals surface area contributed by atoms with Crippen molar-refractivity contribution >= 4 is 56.5 Å². The molecule has 5 rings (SSSR count). The number of pyridine rings is 1. The first-order valence-corrected chi connectivity index (χ1v) is 11.6. The molecule has 0 aliphatic heterocycles. The Balaban J connectivity index is 1.80. The minimum absolute atomic E-state index is 0.131. The van der Waals surface area contributed by atoms with Gasteiger partial charge in [-0.2, -0.15) is 0 Å². The average Bonchev–Trinajstić information content (AvgIpc) is 3.35. The number of halogens is 2. The summed E-state index contributed by atoms with van der Waals surface area (Å²) in [6, 6.07) is 13.2. The summed E-state index contributed by atoms with van der Waals surface area (Å²) in [6.45, 7) is 1.71. The molecule has 5 aromatic rings. The standard InChI is InChI=1S/C24H19Cl2N3O2S/c1-12(30)22-27-20(11-32-22)13-4-7-21-16(8-13)17-10-18(15-6-5-14(25)9-19(15)26)24(31)29(3)23(17)28(21)2/h4-12,30H,1-3H3. The number of fused-ring (bicyclic) bond motifs is 3. The normalized spacial score (nSPS) is 12.7. The molecule has 5 nitrogen and oxygen atoms in total. The Morgan fingerprint density at radius 3 is 2.47 bits per heavy atom. The van der Waals surface area contributed by atoms with Crippen molar-refractivity contribution in [3.63, 3.8) is 0 Å². The molecule has 0 aliphatic rings. The molecule has 3 aromatic heterocycles. The summed E-state index contributed by atoms with van der Waals surface area (Å²) in [7, 11) is 3.72. The second-order valence-corrected chi connectivity index (χ2v) is 9.55. The Morgan fingerprint density at radius 1 is 1.00 bits per heavy atom. The smallest absolute Gasteiger partial charge is 0.259 e. The van der Waals surface area contributed by atoms with Crippen LogP contribution in [-0.4, -0.2) is 19.2 Å². The van der Waals surface area contributed by atoms with Gasteiger partial charge in [-0.15, -0.1) is 11.3 Å². The molecule has 8 heteroatoms. The Morgan fingerprint density at radius 2 is 1.78 bits per heavy atom. The number of rotatable bonds is 3. The minimum atomic E-state index is -0.601. The first-order chi connectivity index (χ1) is 15.3. The number of aromatic nitrogens is 3. The van der Waals surface area contributed by atoms with Crippen molar-refractivity contribution in [3.05, 3.63) is 73.3 Å². The molecule has 0 spiro atoms. The van der Waals surface area contributed by atoms with Crippen LogP contribution in [0.3, 0.4) is 0 Å². The molecule has 1 N–H and O–H groups in total. The summed E-state index contributed by atoms with van der Waals surface area (Å²) in [5, 5.41) is 15.4. The van der Waals surface area contributed by atoms with Crippen LogP contribution < -0.4 is 5.56 Å². The first-order valence-electron chi connectivity index (χ1n) is 9.97. The van der Waals surface area contributed by atoms with Crippen LogP contribution in [0.15, 0.2) is 52.6 Å². The van der Waals surface area contributed by atoms with E-state index in [0.29, 0.717) is 26.2 Å². The number of thiazole rings is 1. The summed E-state index contributed by atoms with van der Waals surface area (Å²) in [5.41, 5.74) is 4.62. The van der Waals surface area contributed by atoms with Crippen LogP contribution in [0.25, 0.3) is 44.3 Å². The maximum Gasteiger partial charge on any atom is 0.259 e. The van der Waals surface area contributed by atoms with Gasteiger partial charge in [-0.3, -0.25) is 9.36 Å². The van der Waals surface area contributed by atoms with E-state index in [2.05, 4.69) is 11.1 Å². The van der Waals surface area contributed by atoms with Crippen LogP contribution in [0, 0.1) is 0 Å². The number of nitrogens with zero attached hydrogens (tertiary/aromatic N) is 3. The zero-order valence-corrected chi connectivity index (χ0v) is 19.9. The molecule has 0 fully saturated rings. The molecule has 0 amide bonds. The van der Waals surface area contributed by atoms with Gasteiger partial charge in [0.2, 0.25) is 0 Å². The maximum absolute atomic E-state index is 13.2. The molecular weight excluding hydrogens is 465 g/mol. The Bertz CT molecular complexity index is 1580. The molecule has 0 radical (unpaired) electrons. The van der Waals surface area contributed by atoms with Gasteiger partial charge in [0, 0.05) is 52.0 Å². The average molecular weight is 484 g/mol. The third-order valence-electron chi connectivity index (χ3n) is 5.74.